The monoisotopic (exact) mass is 226 g/mol. The molecule has 1 N–H and O–H groups in total. The summed E-state index contributed by atoms with van der Waals surface area (Å²) < 4.78 is 7.30. The first-order valence-electron chi connectivity index (χ1n) is 5.82. The Morgan fingerprint density at radius 1 is 1.50 bits per heavy atom. The molecule has 0 saturated carbocycles. The molecule has 92 valence electrons. The lowest BCUT2D eigenvalue weighted by Gasteiger charge is -2.25. The topological polar surface area (TPSA) is 47.3 Å². The number of aliphatic hydroxyl groups is 1. The molecule has 0 aliphatic heterocycles. The molecule has 0 saturated heterocycles. The van der Waals surface area contributed by atoms with E-state index in [0.717, 1.165) is 5.69 Å². The summed E-state index contributed by atoms with van der Waals surface area (Å²) in [5.74, 6) is 0.304. The molecule has 0 amide bonds. The molecule has 1 rings (SSSR count). The van der Waals surface area contributed by atoms with Gasteiger partial charge in [0.1, 0.15) is 0 Å². The molecule has 4 nitrogen and oxygen atoms in total. The van der Waals surface area contributed by atoms with Gasteiger partial charge >= 0.3 is 0 Å². The molecule has 0 spiro atoms. The number of hydrogen-bond acceptors (Lipinski definition) is 3. The highest BCUT2D eigenvalue weighted by molar-refractivity contribution is 5.01. The zero-order valence-electron chi connectivity index (χ0n) is 10.6. The van der Waals surface area contributed by atoms with Gasteiger partial charge in [-0.2, -0.15) is 5.10 Å². The summed E-state index contributed by atoms with van der Waals surface area (Å²) in [6.45, 7) is 6.69. The molecule has 0 radical (unpaired) electrons. The van der Waals surface area contributed by atoms with E-state index < -0.39 is 6.10 Å². The summed E-state index contributed by atoms with van der Waals surface area (Å²) in [6, 6.07) is 1.92. The zero-order chi connectivity index (χ0) is 12.1. The molecule has 0 bridgehead atoms. The molecular weight excluding hydrogens is 204 g/mol. The van der Waals surface area contributed by atoms with Crippen LogP contribution >= 0.6 is 0 Å². The van der Waals surface area contributed by atoms with Crippen LogP contribution in [0.15, 0.2) is 12.3 Å². The lowest BCUT2D eigenvalue weighted by atomic mass is 9.98. The number of rotatable bonds is 6. The predicted molar refractivity (Wildman–Crippen MR) is 63.2 cm³/mol. The normalized spacial score (nSPS) is 15.4. The minimum absolute atomic E-state index is 0.119. The predicted octanol–water partition coefficient (Wildman–Crippen LogP) is 1.38. The number of hydrogen-bond donors (Lipinski definition) is 1. The molecular formula is C12H22N2O2. The van der Waals surface area contributed by atoms with Gasteiger partial charge in [-0.1, -0.05) is 13.8 Å². The fraction of sp³-hybridized carbons (Fsp3) is 0.750. The maximum atomic E-state index is 10.1. The molecule has 0 aliphatic carbocycles. The Hall–Kier alpha value is -0.870. The van der Waals surface area contributed by atoms with E-state index in [2.05, 4.69) is 18.9 Å². The van der Waals surface area contributed by atoms with Gasteiger partial charge in [0.05, 0.1) is 17.9 Å². The van der Waals surface area contributed by atoms with Gasteiger partial charge in [0.25, 0.3) is 0 Å². The Morgan fingerprint density at radius 2 is 2.19 bits per heavy atom. The van der Waals surface area contributed by atoms with Crippen LogP contribution in [0.1, 0.15) is 26.5 Å². The standard InChI is InChI=1S/C12H22N2O2/c1-5-16-12(9(2)3)11(15)8-10-6-7-14(4)13-10/h6-7,9,11-12,15H,5,8H2,1-4H3. The van der Waals surface area contributed by atoms with Crippen LogP contribution < -0.4 is 0 Å². The second kappa shape index (κ2) is 6.01. The highest BCUT2D eigenvalue weighted by atomic mass is 16.5. The van der Waals surface area contributed by atoms with Gasteiger partial charge in [-0.15, -0.1) is 0 Å². The van der Waals surface area contributed by atoms with Crippen LogP contribution in [-0.4, -0.2) is 33.7 Å². The highest BCUT2D eigenvalue weighted by Gasteiger charge is 2.23. The highest BCUT2D eigenvalue weighted by Crippen LogP contribution is 2.14. The molecule has 2 unspecified atom stereocenters. The first-order valence-corrected chi connectivity index (χ1v) is 5.82. The van der Waals surface area contributed by atoms with Crippen molar-refractivity contribution in [3.05, 3.63) is 18.0 Å². The summed E-state index contributed by atoms with van der Waals surface area (Å²) in [5.41, 5.74) is 0.903. The molecule has 0 aromatic carbocycles. The zero-order valence-corrected chi connectivity index (χ0v) is 10.6. The van der Waals surface area contributed by atoms with Gasteiger partial charge in [0.15, 0.2) is 0 Å². The minimum Gasteiger partial charge on any atom is -0.390 e. The Balaban J connectivity index is 2.57. The Labute approximate surface area is 97.2 Å². The van der Waals surface area contributed by atoms with Crippen LogP contribution in [-0.2, 0) is 18.2 Å². The summed E-state index contributed by atoms with van der Waals surface area (Å²) in [6.07, 6.45) is 1.82. The minimum atomic E-state index is -0.491. The Kier molecular flexibility index (Phi) is 4.96. The van der Waals surface area contributed by atoms with Crippen molar-refractivity contribution in [1.82, 2.24) is 9.78 Å². The van der Waals surface area contributed by atoms with Crippen LogP contribution in [0.5, 0.6) is 0 Å². The molecule has 1 heterocycles. The fourth-order valence-electron chi connectivity index (χ4n) is 1.84. The second-order valence-electron chi connectivity index (χ2n) is 4.42. The number of aliphatic hydroxyl groups excluding tert-OH is 1. The average Bonchev–Trinajstić information content (AvgIpc) is 2.59. The van der Waals surface area contributed by atoms with E-state index in [1.54, 1.807) is 4.68 Å². The number of ether oxygens (including phenoxy) is 1. The average molecular weight is 226 g/mol. The largest absolute Gasteiger partial charge is 0.390 e. The van der Waals surface area contributed by atoms with Crippen molar-refractivity contribution in [2.24, 2.45) is 13.0 Å². The third-order valence-corrected chi connectivity index (χ3v) is 2.58. The first-order chi connectivity index (χ1) is 7.54. The van der Waals surface area contributed by atoms with Crippen molar-refractivity contribution in [2.45, 2.75) is 39.4 Å². The van der Waals surface area contributed by atoms with Gasteiger partial charge in [-0.3, -0.25) is 4.68 Å². The number of aromatic nitrogens is 2. The summed E-state index contributed by atoms with van der Waals surface area (Å²) >= 11 is 0. The van der Waals surface area contributed by atoms with E-state index in [1.807, 2.05) is 26.2 Å². The molecule has 4 heteroatoms. The molecule has 16 heavy (non-hydrogen) atoms. The number of nitrogens with zero attached hydrogens (tertiary/aromatic N) is 2. The van der Waals surface area contributed by atoms with E-state index in [0.29, 0.717) is 18.9 Å². The summed E-state index contributed by atoms with van der Waals surface area (Å²) in [7, 11) is 1.87. The first kappa shape index (κ1) is 13.2. The van der Waals surface area contributed by atoms with E-state index in [9.17, 15) is 5.11 Å². The van der Waals surface area contributed by atoms with Gasteiger partial charge in [-0.05, 0) is 18.9 Å². The van der Waals surface area contributed by atoms with Crippen LogP contribution in [0.2, 0.25) is 0 Å². The molecule has 1 aromatic heterocycles. The van der Waals surface area contributed by atoms with Gasteiger partial charge in [-0.25, -0.2) is 0 Å². The van der Waals surface area contributed by atoms with E-state index in [4.69, 9.17) is 4.74 Å². The van der Waals surface area contributed by atoms with Crippen LogP contribution in [0.25, 0.3) is 0 Å². The third-order valence-electron chi connectivity index (χ3n) is 2.58. The van der Waals surface area contributed by atoms with Crippen molar-refractivity contribution >= 4 is 0 Å². The molecule has 2 atom stereocenters. The maximum absolute atomic E-state index is 10.1. The number of aryl methyl sites for hydroxylation is 1. The van der Waals surface area contributed by atoms with Gasteiger partial charge < -0.3 is 9.84 Å². The lowest BCUT2D eigenvalue weighted by Crippen LogP contribution is -2.35. The molecule has 1 aromatic rings. The second-order valence-corrected chi connectivity index (χ2v) is 4.42. The summed E-state index contributed by atoms with van der Waals surface area (Å²) in [4.78, 5) is 0. The van der Waals surface area contributed by atoms with Crippen molar-refractivity contribution in [3.63, 3.8) is 0 Å². The summed E-state index contributed by atoms with van der Waals surface area (Å²) in [5, 5.41) is 14.4. The Morgan fingerprint density at radius 3 is 2.62 bits per heavy atom. The van der Waals surface area contributed by atoms with Crippen molar-refractivity contribution < 1.29 is 9.84 Å². The van der Waals surface area contributed by atoms with Crippen LogP contribution in [0.4, 0.5) is 0 Å². The lowest BCUT2D eigenvalue weighted by molar-refractivity contribution is -0.0565. The quantitative estimate of drug-likeness (QED) is 0.797. The van der Waals surface area contributed by atoms with Crippen LogP contribution in [0, 0.1) is 5.92 Å². The van der Waals surface area contributed by atoms with E-state index in [-0.39, 0.29) is 6.10 Å². The van der Waals surface area contributed by atoms with Crippen molar-refractivity contribution in [2.75, 3.05) is 6.61 Å². The van der Waals surface area contributed by atoms with Crippen molar-refractivity contribution in [3.8, 4) is 0 Å². The van der Waals surface area contributed by atoms with Gasteiger partial charge in [0.2, 0.25) is 0 Å². The maximum Gasteiger partial charge on any atom is 0.0860 e. The SMILES string of the molecule is CCOC(C(C)C)C(O)Cc1ccn(C)n1. The van der Waals surface area contributed by atoms with Crippen LogP contribution in [0.3, 0.4) is 0 Å². The smallest absolute Gasteiger partial charge is 0.0860 e. The van der Waals surface area contributed by atoms with Gasteiger partial charge in [0, 0.05) is 26.3 Å². The van der Waals surface area contributed by atoms with E-state index >= 15 is 0 Å². The third kappa shape index (κ3) is 3.61. The van der Waals surface area contributed by atoms with E-state index in [1.165, 1.54) is 0 Å². The Bertz CT molecular complexity index is 310. The fourth-order valence-corrected chi connectivity index (χ4v) is 1.84. The molecule has 0 fully saturated rings. The van der Waals surface area contributed by atoms with Crippen molar-refractivity contribution in [1.29, 1.82) is 0 Å². The molecule has 0 aliphatic rings.